The van der Waals surface area contributed by atoms with Crippen molar-refractivity contribution in [3.05, 3.63) is 6.15 Å². The maximum Gasteiger partial charge on any atom is 3.00 e. The molecule has 0 aromatic heterocycles. The van der Waals surface area contributed by atoms with Crippen LogP contribution in [-0.2, 0) is 27.2 Å². The molecular weight excluding hydrogens is 229 g/mol. The van der Waals surface area contributed by atoms with Crippen LogP contribution in [0.15, 0.2) is 0 Å². The summed E-state index contributed by atoms with van der Waals surface area (Å²) in [5.41, 5.74) is 0. The Morgan fingerprint density at radius 2 is 1.18 bits per heavy atom. The summed E-state index contributed by atoms with van der Waals surface area (Å²) >= 11 is 0. The molecule has 8 nitrogen and oxygen atoms in total. The van der Waals surface area contributed by atoms with Crippen LogP contribution >= 0.6 is 0 Å². The van der Waals surface area contributed by atoms with Gasteiger partial charge in [0.05, 0.1) is 0 Å². The van der Waals surface area contributed by atoms with Crippen LogP contribution in [0.1, 0.15) is 0 Å². The Hall–Kier alpha value is -0.394. The average Bonchev–Trinajstić information content (AvgIpc) is 1.19. The first-order chi connectivity index (χ1) is 3.73. The molecule has 0 spiro atoms. The quantitative estimate of drug-likeness (QED) is 0.439. The predicted octanol–water partition coefficient (Wildman–Crippen LogP) is -2.39. The molecule has 0 aliphatic rings. The largest absolute Gasteiger partial charge is 3.00 e. The zero-order valence-electron chi connectivity index (χ0n) is 4.75. The Morgan fingerprint density at radius 1 is 1.18 bits per heavy atom. The molecule has 0 saturated heterocycles. The Balaban J connectivity index is -0.0000000383. The van der Waals surface area contributed by atoms with E-state index in [4.69, 9.17) is 32.5 Å². The van der Waals surface area contributed by atoms with Crippen LogP contribution in [0.25, 0.3) is 6.15 Å². The summed E-state index contributed by atoms with van der Waals surface area (Å²) in [4.78, 5) is 8.33. The van der Waals surface area contributed by atoms with E-state index >= 15 is 0 Å². The maximum atomic E-state index is 8.74. The summed E-state index contributed by atoms with van der Waals surface area (Å²) in [7, 11) is -4.67. The second kappa shape index (κ2) is 9.61. The van der Waals surface area contributed by atoms with E-state index in [0.717, 1.165) is 0 Å². The number of carbonyl (C=O) groups is 1. The Kier molecular flexibility index (Phi) is 19.6. The van der Waals surface area contributed by atoms with E-state index < -0.39 is 16.6 Å². The second-order valence-electron chi connectivity index (χ2n) is 0.698. The standard InChI is InChI=1S/CH2O3.Co.H2N.H2O4S/c2-1(3)4;;;1-5(2,3)4/h(H2,2,3,4);;1H2;(H2,1,2,3,4)/q;+3;-1;/p-2. The smallest absolute Gasteiger partial charge is 0.693 e. The molecule has 0 amide bonds. The average molecular weight is 233 g/mol. The van der Waals surface area contributed by atoms with E-state index in [9.17, 15) is 0 Å². The number of hydrogen-bond acceptors (Lipinski definition) is 5. The number of hydrogen-bond donors (Lipinski definition) is 2. The van der Waals surface area contributed by atoms with E-state index in [-0.39, 0.29) is 22.9 Å². The van der Waals surface area contributed by atoms with E-state index in [2.05, 4.69) is 0 Å². The SMILES string of the molecule is O=C([O-])[O-].O=S(=O)(O)O.[Co+3].[NH2-]. The van der Waals surface area contributed by atoms with Crippen molar-refractivity contribution in [1.82, 2.24) is 0 Å². The number of rotatable bonds is 0. The van der Waals surface area contributed by atoms with Crippen LogP contribution < -0.4 is 10.2 Å². The molecule has 10 heteroatoms. The summed E-state index contributed by atoms with van der Waals surface area (Å²) in [6.07, 6.45) is -2.33. The van der Waals surface area contributed by atoms with Crippen LogP contribution in [0.5, 0.6) is 0 Å². The zero-order valence-corrected chi connectivity index (χ0v) is 6.61. The fraction of sp³-hybridized carbons (Fsp3) is 0. The Morgan fingerprint density at radius 3 is 1.18 bits per heavy atom. The van der Waals surface area contributed by atoms with Gasteiger partial charge in [0, 0.05) is 0 Å². The summed E-state index contributed by atoms with van der Waals surface area (Å²) in [5, 5.41) is 16.7. The molecule has 0 atom stereocenters. The van der Waals surface area contributed by atoms with Crippen molar-refractivity contribution in [2.24, 2.45) is 0 Å². The minimum Gasteiger partial charge on any atom is -0.693 e. The van der Waals surface area contributed by atoms with Crippen molar-refractivity contribution in [2.45, 2.75) is 0 Å². The molecule has 0 fully saturated rings. The summed E-state index contributed by atoms with van der Waals surface area (Å²) in [5.74, 6) is 0. The molecule has 70 valence electrons. The third-order valence-corrected chi connectivity index (χ3v) is 0. The Bertz CT molecular complexity index is 161. The molecule has 0 saturated carbocycles. The summed E-state index contributed by atoms with van der Waals surface area (Å²) < 4.78 is 31.6. The molecule has 0 unspecified atom stereocenters. The van der Waals surface area contributed by atoms with Crippen LogP contribution in [0.4, 0.5) is 4.79 Å². The van der Waals surface area contributed by atoms with Gasteiger partial charge >= 0.3 is 27.2 Å². The molecular formula is CH4CoNO7S. The topological polar surface area (TPSA) is 171 Å². The number of nitrogens with two attached hydrogens (primary N) is 1. The minimum atomic E-state index is -4.67. The van der Waals surface area contributed by atoms with Gasteiger partial charge in [0.1, 0.15) is 0 Å². The van der Waals surface area contributed by atoms with Crippen molar-refractivity contribution in [3.63, 3.8) is 0 Å². The molecule has 0 heterocycles. The fourth-order valence-electron chi connectivity index (χ4n) is 0. The number of carboxylic acid groups (broad SMARTS) is 2. The molecule has 0 radical (unpaired) electrons. The van der Waals surface area contributed by atoms with Gasteiger partial charge in [-0.25, -0.2) is 0 Å². The summed E-state index contributed by atoms with van der Waals surface area (Å²) in [6, 6.07) is 0. The van der Waals surface area contributed by atoms with Crippen LogP contribution in [0.2, 0.25) is 0 Å². The van der Waals surface area contributed by atoms with Gasteiger partial charge in [-0.15, -0.1) is 0 Å². The first kappa shape index (κ1) is 22.4. The zero-order chi connectivity index (χ0) is 8.08. The van der Waals surface area contributed by atoms with Gasteiger partial charge in [-0.05, 0) is 6.16 Å². The molecule has 0 aliphatic carbocycles. The first-order valence-electron chi connectivity index (χ1n) is 1.31. The second-order valence-corrected chi connectivity index (χ2v) is 1.59. The molecule has 0 bridgehead atoms. The van der Waals surface area contributed by atoms with Crippen LogP contribution in [0, 0.1) is 0 Å². The molecule has 0 aromatic rings. The molecule has 0 aromatic carbocycles. The maximum absolute atomic E-state index is 8.74. The predicted molar refractivity (Wildman–Crippen MR) is 24.9 cm³/mol. The third-order valence-electron chi connectivity index (χ3n) is 0. The minimum absolute atomic E-state index is 0. The van der Waals surface area contributed by atoms with Crippen LogP contribution in [-0.4, -0.2) is 23.7 Å². The van der Waals surface area contributed by atoms with Gasteiger partial charge < -0.3 is 21.2 Å². The van der Waals surface area contributed by atoms with Gasteiger partial charge in [0.25, 0.3) is 0 Å². The van der Waals surface area contributed by atoms with E-state index in [0.29, 0.717) is 0 Å². The van der Waals surface area contributed by atoms with Crippen molar-refractivity contribution >= 4 is 16.6 Å². The molecule has 0 aliphatic heterocycles. The van der Waals surface area contributed by atoms with E-state index in [1.807, 2.05) is 0 Å². The fourth-order valence-corrected chi connectivity index (χ4v) is 0. The Labute approximate surface area is 72.6 Å². The monoisotopic (exact) mass is 233 g/mol. The van der Waals surface area contributed by atoms with Gasteiger partial charge in [0.2, 0.25) is 0 Å². The first-order valence-corrected chi connectivity index (χ1v) is 2.71. The van der Waals surface area contributed by atoms with Gasteiger partial charge in [0.15, 0.2) is 0 Å². The number of carbonyl (C=O) groups excluding carboxylic acids is 1. The molecule has 4 N–H and O–H groups in total. The van der Waals surface area contributed by atoms with Gasteiger partial charge in [-0.2, -0.15) is 8.42 Å². The van der Waals surface area contributed by atoms with Gasteiger partial charge in [-0.1, -0.05) is 0 Å². The van der Waals surface area contributed by atoms with E-state index in [1.54, 1.807) is 0 Å². The molecule has 11 heavy (non-hydrogen) atoms. The normalized spacial score (nSPS) is 7.45. The van der Waals surface area contributed by atoms with E-state index in [1.165, 1.54) is 0 Å². The van der Waals surface area contributed by atoms with Crippen molar-refractivity contribution in [3.8, 4) is 0 Å². The summed E-state index contributed by atoms with van der Waals surface area (Å²) in [6.45, 7) is 0. The third kappa shape index (κ3) is 3590. The van der Waals surface area contributed by atoms with Crippen molar-refractivity contribution in [1.29, 1.82) is 0 Å². The van der Waals surface area contributed by atoms with Gasteiger partial charge in [-0.3, -0.25) is 9.11 Å². The van der Waals surface area contributed by atoms with Crippen molar-refractivity contribution in [2.75, 3.05) is 0 Å². The van der Waals surface area contributed by atoms with Crippen molar-refractivity contribution < 1.29 is 49.3 Å². The molecule has 0 rings (SSSR count). The van der Waals surface area contributed by atoms with Crippen LogP contribution in [0.3, 0.4) is 0 Å².